The van der Waals surface area contributed by atoms with E-state index in [1.54, 1.807) is 11.3 Å². The largest absolute Gasteiger partial charge is 0.396 e. The van der Waals surface area contributed by atoms with Crippen LogP contribution in [-0.2, 0) is 0 Å². The molecule has 1 aromatic heterocycles. The van der Waals surface area contributed by atoms with E-state index in [-0.39, 0.29) is 6.61 Å². The minimum atomic E-state index is 0.251. The molecule has 2 atom stereocenters. The zero-order valence-corrected chi connectivity index (χ0v) is 12.8. The van der Waals surface area contributed by atoms with E-state index in [1.807, 2.05) is 6.07 Å². The Kier molecular flexibility index (Phi) is 6.25. The summed E-state index contributed by atoms with van der Waals surface area (Å²) in [7, 11) is 0. The quantitative estimate of drug-likeness (QED) is 0.759. The summed E-state index contributed by atoms with van der Waals surface area (Å²) in [6.45, 7) is 2.46. The summed E-state index contributed by atoms with van der Waals surface area (Å²) >= 11 is 1.80. The number of thiophene rings is 1. The van der Waals surface area contributed by atoms with Crippen LogP contribution in [0.5, 0.6) is 0 Å². The highest BCUT2D eigenvalue weighted by molar-refractivity contribution is 7.10. The molecule has 0 aliphatic rings. The summed E-state index contributed by atoms with van der Waals surface area (Å²) in [5.41, 5.74) is 1.30. The minimum Gasteiger partial charge on any atom is -0.396 e. The molecule has 2 aromatic rings. The van der Waals surface area contributed by atoms with Crippen LogP contribution in [0.15, 0.2) is 47.8 Å². The van der Waals surface area contributed by atoms with Crippen molar-refractivity contribution in [1.82, 2.24) is 5.32 Å². The lowest BCUT2D eigenvalue weighted by Crippen LogP contribution is -2.26. The highest BCUT2D eigenvalue weighted by Crippen LogP contribution is 2.27. The van der Waals surface area contributed by atoms with Gasteiger partial charge < -0.3 is 10.4 Å². The number of hydrogen-bond acceptors (Lipinski definition) is 3. The van der Waals surface area contributed by atoms with Gasteiger partial charge in [-0.25, -0.2) is 0 Å². The predicted octanol–water partition coefficient (Wildman–Crippen LogP) is 4.30. The molecule has 2 nitrogen and oxygen atoms in total. The highest BCUT2D eigenvalue weighted by Gasteiger charge is 2.17. The first-order valence-electron chi connectivity index (χ1n) is 7.30. The molecule has 0 saturated carbocycles. The molecule has 2 N–H and O–H groups in total. The Labute approximate surface area is 125 Å². The molecule has 1 heterocycles. The summed E-state index contributed by atoms with van der Waals surface area (Å²) in [5.74, 6) is 0. The molecule has 0 aliphatic carbocycles. The molecule has 108 valence electrons. The van der Waals surface area contributed by atoms with Crippen LogP contribution in [-0.4, -0.2) is 11.7 Å². The van der Waals surface area contributed by atoms with E-state index in [0.717, 1.165) is 19.3 Å². The van der Waals surface area contributed by atoms with E-state index in [0.29, 0.717) is 12.1 Å². The molecule has 2 rings (SSSR count). The van der Waals surface area contributed by atoms with Crippen LogP contribution in [0.2, 0.25) is 0 Å². The van der Waals surface area contributed by atoms with Crippen LogP contribution in [0.3, 0.4) is 0 Å². The SMILES string of the molecule is CCC(NC(CCCO)c1ccccc1)c1cccs1. The second kappa shape index (κ2) is 8.20. The van der Waals surface area contributed by atoms with Crippen molar-refractivity contribution in [3.63, 3.8) is 0 Å². The van der Waals surface area contributed by atoms with Crippen molar-refractivity contribution >= 4 is 11.3 Å². The first-order chi connectivity index (χ1) is 9.85. The molecule has 0 fully saturated rings. The lowest BCUT2D eigenvalue weighted by atomic mass is 10.00. The number of aliphatic hydroxyl groups excluding tert-OH is 1. The molecule has 1 aromatic carbocycles. The van der Waals surface area contributed by atoms with E-state index in [4.69, 9.17) is 5.11 Å². The van der Waals surface area contributed by atoms with Gasteiger partial charge in [0.25, 0.3) is 0 Å². The summed E-state index contributed by atoms with van der Waals surface area (Å²) in [6.07, 6.45) is 2.86. The van der Waals surface area contributed by atoms with Gasteiger partial charge in [-0.3, -0.25) is 0 Å². The lowest BCUT2D eigenvalue weighted by molar-refractivity contribution is 0.271. The van der Waals surface area contributed by atoms with Gasteiger partial charge in [-0.15, -0.1) is 11.3 Å². The van der Waals surface area contributed by atoms with Gasteiger partial charge in [0.15, 0.2) is 0 Å². The third-order valence-electron chi connectivity index (χ3n) is 3.55. The molecule has 0 bridgehead atoms. The van der Waals surface area contributed by atoms with Crippen LogP contribution in [0.4, 0.5) is 0 Å². The maximum atomic E-state index is 9.11. The fourth-order valence-corrected chi connectivity index (χ4v) is 3.33. The van der Waals surface area contributed by atoms with E-state index < -0.39 is 0 Å². The van der Waals surface area contributed by atoms with Crippen molar-refractivity contribution in [3.05, 3.63) is 58.3 Å². The smallest absolute Gasteiger partial charge is 0.0431 e. The Bertz CT molecular complexity index is 469. The number of benzene rings is 1. The van der Waals surface area contributed by atoms with Gasteiger partial charge in [-0.05, 0) is 36.3 Å². The van der Waals surface area contributed by atoms with Gasteiger partial charge in [-0.2, -0.15) is 0 Å². The molecule has 0 radical (unpaired) electrons. The van der Waals surface area contributed by atoms with Crippen LogP contribution in [0.1, 0.15) is 48.7 Å². The van der Waals surface area contributed by atoms with E-state index in [1.165, 1.54) is 10.4 Å². The summed E-state index contributed by atoms with van der Waals surface area (Å²) in [5, 5.41) is 15.0. The molecule has 0 amide bonds. The zero-order valence-electron chi connectivity index (χ0n) is 12.0. The molecule has 20 heavy (non-hydrogen) atoms. The lowest BCUT2D eigenvalue weighted by Gasteiger charge is -2.25. The van der Waals surface area contributed by atoms with Gasteiger partial charge in [0, 0.05) is 23.6 Å². The van der Waals surface area contributed by atoms with Gasteiger partial charge >= 0.3 is 0 Å². The van der Waals surface area contributed by atoms with Crippen LogP contribution >= 0.6 is 11.3 Å². The van der Waals surface area contributed by atoms with Gasteiger partial charge in [-0.1, -0.05) is 43.3 Å². The number of hydrogen-bond donors (Lipinski definition) is 2. The average Bonchev–Trinajstić information content (AvgIpc) is 3.03. The molecule has 0 saturated heterocycles. The Hall–Kier alpha value is -1.16. The number of aliphatic hydroxyl groups is 1. The molecular weight excluding hydrogens is 266 g/mol. The predicted molar refractivity (Wildman–Crippen MR) is 86.0 cm³/mol. The summed E-state index contributed by atoms with van der Waals surface area (Å²) < 4.78 is 0. The van der Waals surface area contributed by atoms with Gasteiger partial charge in [0.1, 0.15) is 0 Å². The first-order valence-corrected chi connectivity index (χ1v) is 8.18. The second-order valence-corrected chi connectivity index (χ2v) is 5.95. The van der Waals surface area contributed by atoms with E-state index >= 15 is 0 Å². The van der Waals surface area contributed by atoms with Crippen molar-refractivity contribution < 1.29 is 5.11 Å². The van der Waals surface area contributed by atoms with Crippen LogP contribution in [0, 0.1) is 0 Å². The Morgan fingerprint density at radius 2 is 1.90 bits per heavy atom. The average molecular weight is 289 g/mol. The fourth-order valence-electron chi connectivity index (χ4n) is 2.46. The highest BCUT2D eigenvalue weighted by atomic mass is 32.1. The normalized spacial score (nSPS) is 14.1. The van der Waals surface area contributed by atoms with Crippen molar-refractivity contribution in [3.8, 4) is 0 Å². The molecule has 0 aliphatic heterocycles. The van der Waals surface area contributed by atoms with Crippen molar-refractivity contribution in [2.45, 2.75) is 38.3 Å². The first kappa shape index (κ1) is 15.2. The van der Waals surface area contributed by atoms with Gasteiger partial charge in [0.05, 0.1) is 0 Å². The standard InChI is InChI=1S/C17H23NOS/c1-2-15(17-11-7-13-20-17)18-16(10-6-12-19)14-8-4-3-5-9-14/h3-5,7-9,11,13,15-16,18-19H,2,6,10,12H2,1H3. The Morgan fingerprint density at radius 1 is 1.10 bits per heavy atom. The monoisotopic (exact) mass is 289 g/mol. The van der Waals surface area contributed by atoms with Crippen molar-refractivity contribution in [2.75, 3.05) is 6.61 Å². The van der Waals surface area contributed by atoms with Crippen LogP contribution < -0.4 is 5.32 Å². The van der Waals surface area contributed by atoms with Gasteiger partial charge in [0.2, 0.25) is 0 Å². The van der Waals surface area contributed by atoms with Crippen molar-refractivity contribution in [2.24, 2.45) is 0 Å². The third kappa shape index (κ3) is 4.17. The fraction of sp³-hybridized carbons (Fsp3) is 0.412. The van der Waals surface area contributed by atoms with E-state index in [2.05, 4.69) is 54.0 Å². The Balaban J connectivity index is 2.10. The molecule has 3 heteroatoms. The summed E-state index contributed by atoms with van der Waals surface area (Å²) in [4.78, 5) is 1.39. The molecule has 2 unspecified atom stereocenters. The van der Waals surface area contributed by atoms with E-state index in [9.17, 15) is 0 Å². The minimum absolute atomic E-state index is 0.251. The molecule has 0 spiro atoms. The van der Waals surface area contributed by atoms with Crippen LogP contribution in [0.25, 0.3) is 0 Å². The Morgan fingerprint density at radius 3 is 2.50 bits per heavy atom. The topological polar surface area (TPSA) is 32.3 Å². The summed E-state index contributed by atoms with van der Waals surface area (Å²) in [6, 6.07) is 15.5. The zero-order chi connectivity index (χ0) is 14.2. The maximum Gasteiger partial charge on any atom is 0.0431 e. The maximum absolute atomic E-state index is 9.11. The molecular formula is C17H23NOS. The third-order valence-corrected chi connectivity index (χ3v) is 4.54. The van der Waals surface area contributed by atoms with Crippen molar-refractivity contribution in [1.29, 1.82) is 0 Å². The second-order valence-electron chi connectivity index (χ2n) is 4.97. The number of nitrogens with one attached hydrogen (secondary N) is 1. The number of rotatable bonds is 8.